The highest BCUT2D eigenvalue weighted by atomic mass is 31.2. The molecule has 0 bridgehead atoms. The van der Waals surface area contributed by atoms with E-state index in [0.717, 1.165) is 19.3 Å². The first-order valence-corrected chi connectivity index (χ1v) is 10.5. The average molecular weight is 397 g/mol. The summed E-state index contributed by atoms with van der Waals surface area (Å²) in [6, 6.07) is 0. The van der Waals surface area contributed by atoms with Crippen molar-refractivity contribution in [2.75, 3.05) is 26.4 Å². The van der Waals surface area contributed by atoms with Crippen LogP contribution in [0.5, 0.6) is 0 Å². The van der Waals surface area contributed by atoms with Crippen molar-refractivity contribution in [2.45, 2.75) is 64.9 Å². The number of nitrogens with two attached hydrogens (primary N) is 1. The molecule has 2 atom stereocenters. The molecular weight excluding hydrogens is 365 g/mol. The van der Waals surface area contributed by atoms with Gasteiger partial charge >= 0.3 is 19.8 Å². The molecule has 0 aromatic carbocycles. The van der Waals surface area contributed by atoms with Gasteiger partial charge in [-0.2, -0.15) is 0 Å². The number of phosphoric acid groups is 1. The largest absolute Gasteiger partial charge is 0.472 e. The molecule has 0 amide bonds. The van der Waals surface area contributed by atoms with E-state index in [-0.39, 0.29) is 32.6 Å². The molecule has 0 aromatic heterocycles. The van der Waals surface area contributed by atoms with Crippen LogP contribution in [-0.2, 0) is 32.7 Å². The molecule has 0 aromatic rings. The van der Waals surface area contributed by atoms with Crippen molar-refractivity contribution in [1.82, 2.24) is 0 Å². The SMILES string of the molecule is CCCCCC(=O)OC(COC(=O)CCCC)COP(=O)(O)OCCN. The van der Waals surface area contributed by atoms with Gasteiger partial charge in [-0.1, -0.05) is 33.1 Å². The lowest BCUT2D eigenvalue weighted by Gasteiger charge is -2.19. The number of phosphoric ester groups is 1. The second-order valence-corrected chi connectivity index (χ2v) is 7.20. The van der Waals surface area contributed by atoms with Crippen molar-refractivity contribution in [3.05, 3.63) is 0 Å². The predicted molar refractivity (Wildman–Crippen MR) is 95.3 cm³/mol. The summed E-state index contributed by atoms with van der Waals surface area (Å²) in [5.74, 6) is -0.905. The summed E-state index contributed by atoms with van der Waals surface area (Å²) in [6.07, 6.45) is 3.55. The Morgan fingerprint density at radius 3 is 2.27 bits per heavy atom. The van der Waals surface area contributed by atoms with Crippen molar-refractivity contribution in [1.29, 1.82) is 0 Å². The molecule has 0 radical (unpaired) electrons. The summed E-state index contributed by atoms with van der Waals surface area (Å²) in [6.45, 7) is 3.18. The van der Waals surface area contributed by atoms with Gasteiger partial charge in [-0.3, -0.25) is 18.6 Å². The number of esters is 2. The molecular formula is C16H32NO8P. The van der Waals surface area contributed by atoms with E-state index in [2.05, 4.69) is 4.52 Å². The van der Waals surface area contributed by atoms with Crippen LogP contribution >= 0.6 is 7.82 Å². The Kier molecular flexibility index (Phi) is 14.5. The molecule has 0 heterocycles. The first kappa shape index (κ1) is 25.0. The van der Waals surface area contributed by atoms with E-state index in [4.69, 9.17) is 19.7 Å². The minimum Gasteiger partial charge on any atom is -0.462 e. The molecule has 0 spiro atoms. The number of unbranched alkanes of at least 4 members (excludes halogenated alkanes) is 3. The third kappa shape index (κ3) is 14.2. The molecule has 3 N–H and O–H groups in total. The maximum atomic E-state index is 11.8. The number of ether oxygens (including phenoxy) is 2. The molecule has 154 valence electrons. The fourth-order valence-corrected chi connectivity index (χ4v) is 2.61. The fraction of sp³-hybridized carbons (Fsp3) is 0.875. The van der Waals surface area contributed by atoms with Crippen LogP contribution in [0.25, 0.3) is 0 Å². The van der Waals surface area contributed by atoms with Gasteiger partial charge in [0.05, 0.1) is 13.2 Å². The van der Waals surface area contributed by atoms with Gasteiger partial charge in [0.1, 0.15) is 6.61 Å². The molecule has 0 saturated heterocycles. The zero-order chi connectivity index (χ0) is 19.8. The first-order valence-electron chi connectivity index (χ1n) is 9.01. The van der Waals surface area contributed by atoms with Crippen LogP contribution in [0, 0.1) is 0 Å². The van der Waals surface area contributed by atoms with Crippen LogP contribution in [0.15, 0.2) is 0 Å². The molecule has 9 nitrogen and oxygen atoms in total. The summed E-state index contributed by atoms with van der Waals surface area (Å²) < 4.78 is 31.3. The topological polar surface area (TPSA) is 134 Å². The average Bonchev–Trinajstić information content (AvgIpc) is 2.60. The Morgan fingerprint density at radius 1 is 1.00 bits per heavy atom. The third-order valence-corrected chi connectivity index (χ3v) is 4.23. The van der Waals surface area contributed by atoms with Crippen LogP contribution < -0.4 is 5.73 Å². The van der Waals surface area contributed by atoms with Gasteiger partial charge in [-0.25, -0.2) is 4.57 Å². The third-order valence-electron chi connectivity index (χ3n) is 3.24. The second kappa shape index (κ2) is 15.1. The molecule has 10 heteroatoms. The summed E-state index contributed by atoms with van der Waals surface area (Å²) in [5, 5.41) is 0. The first-order chi connectivity index (χ1) is 12.3. The standard InChI is InChI=1S/C16H32NO8P/c1-3-5-7-9-16(19)25-14(12-22-15(18)8-6-4-2)13-24-26(20,21)23-11-10-17/h14H,3-13,17H2,1-2H3,(H,20,21). The van der Waals surface area contributed by atoms with E-state index in [1.165, 1.54) is 0 Å². The normalized spacial score (nSPS) is 14.5. The van der Waals surface area contributed by atoms with Crippen molar-refractivity contribution < 1.29 is 37.6 Å². The molecule has 26 heavy (non-hydrogen) atoms. The number of rotatable bonds is 16. The molecule has 0 aliphatic carbocycles. The van der Waals surface area contributed by atoms with E-state index in [9.17, 15) is 19.0 Å². The van der Waals surface area contributed by atoms with E-state index < -0.39 is 32.5 Å². The minimum atomic E-state index is -4.31. The lowest BCUT2D eigenvalue weighted by molar-refractivity contribution is -0.161. The summed E-state index contributed by atoms with van der Waals surface area (Å²) >= 11 is 0. The quantitative estimate of drug-likeness (QED) is 0.228. The lowest BCUT2D eigenvalue weighted by Crippen LogP contribution is -2.29. The highest BCUT2D eigenvalue weighted by Crippen LogP contribution is 2.43. The van der Waals surface area contributed by atoms with Crippen LogP contribution in [0.3, 0.4) is 0 Å². The van der Waals surface area contributed by atoms with Gasteiger partial charge < -0.3 is 20.1 Å². The molecule has 0 fully saturated rings. The summed E-state index contributed by atoms with van der Waals surface area (Å²) in [5.41, 5.74) is 5.20. The molecule has 2 unspecified atom stereocenters. The second-order valence-electron chi connectivity index (χ2n) is 5.74. The van der Waals surface area contributed by atoms with Gasteiger partial charge in [0.2, 0.25) is 0 Å². The Hall–Kier alpha value is -0.990. The Morgan fingerprint density at radius 2 is 1.65 bits per heavy atom. The number of carbonyl (C=O) groups is 2. The number of hydrogen-bond donors (Lipinski definition) is 2. The summed E-state index contributed by atoms with van der Waals surface area (Å²) in [7, 11) is -4.31. The number of carbonyl (C=O) groups excluding carboxylic acids is 2. The van der Waals surface area contributed by atoms with Crippen molar-refractivity contribution in [3.8, 4) is 0 Å². The monoisotopic (exact) mass is 397 g/mol. The minimum absolute atomic E-state index is 0.0544. The van der Waals surface area contributed by atoms with Gasteiger partial charge in [0.15, 0.2) is 6.10 Å². The van der Waals surface area contributed by atoms with Gasteiger partial charge in [-0.05, 0) is 12.8 Å². The molecule has 0 aliphatic heterocycles. The summed E-state index contributed by atoms with van der Waals surface area (Å²) in [4.78, 5) is 32.9. The van der Waals surface area contributed by atoms with Gasteiger partial charge in [-0.15, -0.1) is 0 Å². The van der Waals surface area contributed by atoms with Crippen LogP contribution in [-0.4, -0.2) is 49.3 Å². The Bertz CT molecular complexity index is 446. The van der Waals surface area contributed by atoms with Crippen LogP contribution in [0.1, 0.15) is 58.8 Å². The Labute approximate surface area is 155 Å². The van der Waals surface area contributed by atoms with E-state index in [1.807, 2.05) is 13.8 Å². The molecule has 0 saturated carbocycles. The van der Waals surface area contributed by atoms with Crippen molar-refractivity contribution in [3.63, 3.8) is 0 Å². The van der Waals surface area contributed by atoms with Crippen LogP contribution in [0.2, 0.25) is 0 Å². The molecule has 0 aliphatic rings. The zero-order valence-electron chi connectivity index (χ0n) is 15.7. The Balaban J connectivity index is 4.53. The predicted octanol–water partition coefficient (Wildman–Crippen LogP) is 2.30. The van der Waals surface area contributed by atoms with Crippen LogP contribution in [0.4, 0.5) is 0 Å². The maximum Gasteiger partial charge on any atom is 0.472 e. The van der Waals surface area contributed by atoms with Crippen molar-refractivity contribution in [2.24, 2.45) is 5.73 Å². The zero-order valence-corrected chi connectivity index (χ0v) is 16.6. The highest BCUT2D eigenvalue weighted by Gasteiger charge is 2.25. The highest BCUT2D eigenvalue weighted by molar-refractivity contribution is 7.47. The van der Waals surface area contributed by atoms with Gasteiger partial charge in [0.25, 0.3) is 0 Å². The van der Waals surface area contributed by atoms with E-state index >= 15 is 0 Å². The molecule has 0 rings (SSSR count). The van der Waals surface area contributed by atoms with E-state index in [1.54, 1.807) is 0 Å². The fourth-order valence-electron chi connectivity index (χ4n) is 1.84. The van der Waals surface area contributed by atoms with Gasteiger partial charge in [0, 0.05) is 19.4 Å². The van der Waals surface area contributed by atoms with Crippen molar-refractivity contribution >= 4 is 19.8 Å². The number of hydrogen-bond acceptors (Lipinski definition) is 8. The van der Waals surface area contributed by atoms with E-state index in [0.29, 0.717) is 12.8 Å². The lowest BCUT2D eigenvalue weighted by atomic mass is 10.2. The smallest absolute Gasteiger partial charge is 0.462 e. The maximum absolute atomic E-state index is 11.8.